The van der Waals surface area contributed by atoms with Crippen LogP contribution in [-0.4, -0.2) is 41.5 Å². The molecule has 5 heteroatoms. The van der Waals surface area contributed by atoms with E-state index in [4.69, 9.17) is 5.73 Å². The van der Waals surface area contributed by atoms with Crippen molar-refractivity contribution in [3.63, 3.8) is 0 Å². The molecule has 1 rings (SSSR count). The second-order valence-electron chi connectivity index (χ2n) is 6.99. The van der Waals surface area contributed by atoms with Gasteiger partial charge in [-0.2, -0.15) is 0 Å². The van der Waals surface area contributed by atoms with Crippen molar-refractivity contribution in [2.75, 3.05) is 19.6 Å². The highest BCUT2D eigenvalue weighted by Crippen LogP contribution is 2.31. The molecular formula is C15H28N2O3. The number of rotatable bonds is 6. The summed E-state index contributed by atoms with van der Waals surface area (Å²) >= 11 is 0. The van der Waals surface area contributed by atoms with E-state index in [0.717, 1.165) is 19.3 Å². The van der Waals surface area contributed by atoms with Crippen LogP contribution in [-0.2, 0) is 9.59 Å². The van der Waals surface area contributed by atoms with Gasteiger partial charge < -0.3 is 15.7 Å². The smallest absolute Gasteiger partial charge is 0.311 e. The van der Waals surface area contributed by atoms with Gasteiger partial charge in [-0.25, -0.2) is 0 Å². The topological polar surface area (TPSA) is 83.6 Å². The summed E-state index contributed by atoms with van der Waals surface area (Å²) < 4.78 is 0. The van der Waals surface area contributed by atoms with Crippen molar-refractivity contribution in [2.24, 2.45) is 16.6 Å². The van der Waals surface area contributed by atoms with Crippen molar-refractivity contribution in [3.8, 4) is 0 Å². The molecule has 1 atom stereocenters. The van der Waals surface area contributed by atoms with E-state index in [1.54, 1.807) is 11.8 Å². The van der Waals surface area contributed by atoms with E-state index in [-0.39, 0.29) is 11.3 Å². The number of nitrogens with zero attached hydrogens (tertiary/aromatic N) is 1. The lowest BCUT2D eigenvalue weighted by molar-refractivity contribution is -0.153. The summed E-state index contributed by atoms with van der Waals surface area (Å²) in [5.74, 6) is -0.735. The summed E-state index contributed by atoms with van der Waals surface area (Å²) in [6, 6.07) is 0. The van der Waals surface area contributed by atoms with E-state index in [1.807, 2.05) is 0 Å². The molecule has 1 saturated heterocycles. The number of amides is 1. The summed E-state index contributed by atoms with van der Waals surface area (Å²) in [4.78, 5) is 25.3. The van der Waals surface area contributed by atoms with Crippen LogP contribution in [0.2, 0.25) is 0 Å². The number of hydrogen-bond donors (Lipinski definition) is 2. The normalized spacial score (nSPS) is 23.7. The zero-order valence-corrected chi connectivity index (χ0v) is 12.9. The Morgan fingerprint density at radius 2 is 2.00 bits per heavy atom. The van der Waals surface area contributed by atoms with Gasteiger partial charge in [0.25, 0.3) is 0 Å². The number of likely N-dealkylation sites (tertiary alicyclic amines) is 1. The van der Waals surface area contributed by atoms with Gasteiger partial charge in [0.2, 0.25) is 5.91 Å². The Hall–Kier alpha value is -1.10. The van der Waals surface area contributed by atoms with Gasteiger partial charge in [0.1, 0.15) is 0 Å². The molecule has 0 aliphatic carbocycles. The van der Waals surface area contributed by atoms with Crippen LogP contribution < -0.4 is 5.73 Å². The van der Waals surface area contributed by atoms with Gasteiger partial charge in [0, 0.05) is 19.5 Å². The standard InChI is InChI=1S/C15H28N2O3/c1-14(2,8-9-16)7-5-12(18)17-10-4-6-15(3,11-17)13(19)20/h4-11,16H2,1-3H3,(H,19,20). The maximum Gasteiger partial charge on any atom is 0.311 e. The van der Waals surface area contributed by atoms with Crippen LogP contribution in [0.3, 0.4) is 0 Å². The van der Waals surface area contributed by atoms with Gasteiger partial charge in [0.05, 0.1) is 5.41 Å². The predicted molar refractivity (Wildman–Crippen MR) is 78.2 cm³/mol. The van der Waals surface area contributed by atoms with Crippen LogP contribution in [0.4, 0.5) is 0 Å². The minimum Gasteiger partial charge on any atom is -0.481 e. The van der Waals surface area contributed by atoms with Crippen molar-refractivity contribution >= 4 is 11.9 Å². The number of carboxylic acids is 1. The Kier molecular flexibility index (Phi) is 5.57. The second-order valence-corrected chi connectivity index (χ2v) is 6.99. The van der Waals surface area contributed by atoms with Gasteiger partial charge in [-0.15, -0.1) is 0 Å². The summed E-state index contributed by atoms with van der Waals surface area (Å²) in [7, 11) is 0. The van der Waals surface area contributed by atoms with Crippen LogP contribution in [0, 0.1) is 10.8 Å². The van der Waals surface area contributed by atoms with Gasteiger partial charge in [0.15, 0.2) is 0 Å². The third-order valence-electron chi connectivity index (χ3n) is 4.40. The molecule has 0 aromatic rings. The van der Waals surface area contributed by atoms with E-state index >= 15 is 0 Å². The number of carboxylic acid groups (broad SMARTS) is 1. The number of aliphatic carboxylic acids is 1. The number of hydrogen-bond acceptors (Lipinski definition) is 3. The van der Waals surface area contributed by atoms with E-state index < -0.39 is 11.4 Å². The molecule has 0 bridgehead atoms. The Morgan fingerprint density at radius 3 is 2.55 bits per heavy atom. The van der Waals surface area contributed by atoms with Gasteiger partial charge in [-0.05, 0) is 44.6 Å². The SMILES string of the molecule is CC(C)(CCN)CCC(=O)N1CCCC(C)(C(=O)O)C1. The fourth-order valence-corrected chi connectivity index (χ4v) is 2.75. The highest BCUT2D eigenvalue weighted by molar-refractivity contribution is 5.79. The first-order chi connectivity index (χ1) is 9.20. The lowest BCUT2D eigenvalue weighted by Crippen LogP contribution is -2.48. The molecule has 3 N–H and O–H groups in total. The summed E-state index contributed by atoms with van der Waals surface area (Å²) in [6.07, 6.45) is 3.57. The molecule has 0 radical (unpaired) electrons. The zero-order chi connectivity index (χ0) is 15.4. The molecule has 0 saturated carbocycles. The molecule has 0 aromatic heterocycles. The lowest BCUT2D eigenvalue weighted by Gasteiger charge is -2.38. The molecule has 1 aliphatic heterocycles. The quantitative estimate of drug-likeness (QED) is 0.779. The van der Waals surface area contributed by atoms with Crippen LogP contribution in [0.1, 0.15) is 52.9 Å². The highest BCUT2D eigenvalue weighted by Gasteiger charge is 2.39. The third-order valence-corrected chi connectivity index (χ3v) is 4.40. The molecule has 116 valence electrons. The van der Waals surface area contributed by atoms with Crippen LogP contribution >= 0.6 is 0 Å². The minimum absolute atomic E-state index is 0.0658. The molecule has 5 nitrogen and oxygen atoms in total. The van der Waals surface area contributed by atoms with Crippen molar-refractivity contribution in [2.45, 2.75) is 52.9 Å². The first-order valence-corrected chi connectivity index (χ1v) is 7.41. The van der Waals surface area contributed by atoms with Gasteiger partial charge in [-0.3, -0.25) is 9.59 Å². The Balaban J connectivity index is 2.53. The average Bonchev–Trinajstić information content (AvgIpc) is 2.36. The molecular weight excluding hydrogens is 256 g/mol. The molecule has 0 spiro atoms. The van der Waals surface area contributed by atoms with Crippen molar-refractivity contribution < 1.29 is 14.7 Å². The number of carbonyl (C=O) groups is 2. The van der Waals surface area contributed by atoms with Crippen molar-refractivity contribution in [1.82, 2.24) is 4.90 Å². The van der Waals surface area contributed by atoms with E-state index in [9.17, 15) is 14.7 Å². The van der Waals surface area contributed by atoms with Crippen molar-refractivity contribution in [3.05, 3.63) is 0 Å². The maximum atomic E-state index is 12.3. The van der Waals surface area contributed by atoms with Crippen molar-refractivity contribution in [1.29, 1.82) is 0 Å². The van der Waals surface area contributed by atoms with Crippen LogP contribution in [0.25, 0.3) is 0 Å². The zero-order valence-electron chi connectivity index (χ0n) is 12.9. The molecule has 1 fully saturated rings. The number of piperidine rings is 1. The van der Waals surface area contributed by atoms with Crippen LogP contribution in [0.5, 0.6) is 0 Å². The first-order valence-electron chi connectivity index (χ1n) is 7.41. The minimum atomic E-state index is -0.807. The molecule has 1 unspecified atom stereocenters. The molecule has 20 heavy (non-hydrogen) atoms. The molecule has 1 heterocycles. The van der Waals surface area contributed by atoms with E-state index in [0.29, 0.717) is 32.5 Å². The Bertz CT molecular complexity index is 368. The maximum absolute atomic E-state index is 12.3. The van der Waals surface area contributed by atoms with Crippen LogP contribution in [0.15, 0.2) is 0 Å². The number of carbonyl (C=O) groups excluding carboxylic acids is 1. The summed E-state index contributed by atoms with van der Waals surface area (Å²) in [6.45, 7) is 7.60. The second kappa shape index (κ2) is 6.57. The highest BCUT2D eigenvalue weighted by atomic mass is 16.4. The summed E-state index contributed by atoms with van der Waals surface area (Å²) in [5.41, 5.74) is 4.85. The predicted octanol–water partition coefficient (Wildman–Crippen LogP) is 1.85. The summed E-state index contributed by atoms with van der Waals surface area (Å²) in [5, 5.41) is 9.27. The molecule has 1 aliphatic rings. The largest absolute Gasteiger partial charge is 0.481 e. The third kappa shape index (κ3) is 4.47. The Labute approximate surface area is 121 Å². The number of nitrogens with two attached hydrogens (primary N) is 1. The molecule has 1 amide bonds. The van der Waals surface area contributed by atoms with E-state index in [1.165, 1.54) is 0 Å². The van der Waals surface area contributed by atoms with E-state index in [2.05, 4.69) is 13.8 Å². The lowest BCUT2D eigenvalue weighted by atomic mass is 9.81. The monoisotopic (exact) mass is 284 g/mol. The molecule has 0 aromatic carbocycles. The fourth-order valence-electron chi connectivity index (χ4n) is 2.75. The average molecular weight is 284 g/mol. The van der Waals surface area contributed by atoms with Gasteiger partial charge in [-0.1, -0.05) is 13.8 Å². The fraction of sp³-hybridized carbons (Fsp3) is 0.867. The first kappa shape index (κ1) is 17.0. The van der Waals surface area contributed by atoms with Gasteiger partial charge >= 0.3 is 5.97 Å². The Morgan fingerprint density at radius 1 is 1.35 bits per heavy atom.